The van der Waals surface area contributed by atoms with Crippen molar-refractivity contribution >= 4 is 22.8 Å². The lowest BCUT2D eigenvalue weighted by atomic mass is 9.79. The van der Waals surface area contributed by atoms with E-state index >= 15 is 0 Å². The zero-order chi connectivity index (χ0) is 17.0. The van der Waals surface area contributed by atoms with Gasteiger partial charge in [-0.2, -0.15) is 5.26 Å². The van der Waals surface area contributed by atoms with Gasteiger partial charge in [-0.05, 0) is 31.7 Å². The number of fused-ring (bicyclic) bond motifs is 1. The van der Waals surface area contributed by atoms with Gasteiger partial charge in [0, 0.05) is 36.8 Å². The number of rotatable bonds is 2. The maximum atomic E-state index is 12.3. The first-order valence-electron chi connectivity index (χ1n) is 8.96. The van der Waals surface area contributed by atoms with Crippen LogP contribution in [0.5, 0.6) is 0 Å². The summed E-state index contributed by atoms with van der Waals surface area (Å²) in [5, 5.41) is 9.94. The largest absolute Gasteiger partial charge is 0.352 e. The zero-order valence-electron chi connectivity index (χ0n) is 14.0. The molecule has 7 nitrogen and oxygen atoms in total. The molecule has 1 spiro atoms. The highest BCUT2D eigenvalue weighted by atomic mass is 16.2. The average molecular weight is 336 g/mol. The minimum atomic E-state index is -0.00313. The second-order valence-corrected chi connectivity index (χ2v) is 7.39. The number of aromatic nitrogens is 3. The number of carbonyl (C=O) groups is 1. The van der Waals surface area contributed by atoms with Gasteiger partial charge in [0.1, 0.15) is 24.2 Å². The maximum Gasteiger partial charge on any atom is 0.237 e. The van der Waals surface area contributed by atoms with E-state index in [9.17, 15) is 4.79 Å². The molecule has 5 rings (SSSR count). The molecule has 4 heterocycles. The van der Waals surface area contributed by atoms with Crippen LogP contribution < -0.4 is 4.90 Å². The fourth-order valence-electron chi connectivity index (χ4n) is 5.61. The van der Waals surface area contributed by atoms with E-state index in [-0.39, 0.29) is 23.8 Å². The Morgan fingerprint density at radius 1 is 1.32 bits per heavy atom. The lowest BCUT2D eigenvalue weighted by Crippen LogP contribution is -2.43. The van der Waals surface area contributed by atoms with Crippen LogP contribution in [0.2, 0.25) is 0 Å². The smallest absolute Gasteiger partial charge is 0.237 e. The van der Waals surface area contributed by atoms with E-state index in [2.05, 4.69) is 19.9 Å². The fourth-order valence-corrected chi connectivity index (χ4v) is 5.61. The Labute approximate surface area is 145 Å². The van der Waals surface area contributed by atoms with Gasteiger partial charge < -0.3 is 14.8 Å². The summed E-state index contributed by atoms with van der Waals surface area (Å²) in [6, 6.07) is 4.76. The molecule has 0 bridgehead atoms. The molecular weight excluding hydrogens is 316 g/mol. The van der Waals surface area contributed by atoms with Crippen LogP contribution in [-0.2, 0) is 4.79 Å². The van der Waals surface area contributed by atoms with Crippen molar-refractivity contribution in [3.63, 3.8) is 0 Å². The van der Waals surface area contributed by atoms with E-state index in [1.807, 2.05) is 23.2 Å². The Hall–Kier alpha value is -2.62. The Bertz CT molecular complexity index is 885. The van der Waals surface area contributed by atoms with Crippen molar-refractivity contribution in [1.82, 2.24) is 19.9 Å². The third-order valence-corrected chi connectivity index (χ3v) is 6.59. The molecular formula is C18H20N6O. The number of amides is 1. The Morgan fingerprint density at radius 3 is 3.04 bits per heavy atom. The number of carbonyl (C=O) groups excluding carboxylic acids is 1. The predicted octanol–water partition coefficient (Wildman–Crippen LogP) is 1.83. The van der Waals surface area contributed by atoms with Crippen molar-refractivity contribution < 1.29 is 4.79 Å². The lowest BCUT2D eigenvalue weighted by Gasteiger charge is -2.33. The molecule has 3 aliphatic rings. The second-order valence-electron chi connectivity index (χ2n) is 7.39. The van der Waals surface area contributed by atoms with E-state index in [0.29, 0.717) is 6.04 Å². The molecule has 128 valence electrons. The third-order valence-electron chi connectivity index (χ3n) is 6.59. The lowest BCUT2D eigenvalue weighted by molar-refractivity contribution is -0.131. The molecule has 3 fully saturated rings. The first-order chi connectivity index (χ1) is 12.2. The van der Waals surface area contributed by atoms with Gasteiger partial charge in [-0.15, -0.1) is 0 Å². The zero-order valence-corrected chi connectivity index (χ0v) is 14.0. The van der Waals surface area contributed by atoms with Crippen molar-refractivity contribution in [3.05, 3.63) is 18.6 Å². The van der Waals surface area contributed by atoms with Crippen molar-refractivity contribution in [2.24, 2.45) is 5.41 Å². The van der Waals surface area contributed by atoms with Crippen molar-refractivity contribution in [3.8, 4) is 6.07 Å². The molecule has 3 unspecified atom stereocenters. The first kappa shape index (κ1) is 14.7. The summed E-state index contributed by atoms with van der Waals surface area (Å²) < 4.78 is 0. The number of nitrogens with one attached hydrogen (secondary N) is 1. The molecule has 25 heavy (non-hydrogen) atoms. The van der Waals surface area contributed by atoms with Crippen LogP contribution in [-0.4, -0.2) is 50.9 Å². The fraction of sp³-hybridized carbons (Fsp3) is 0.556. The first-order valence-corrected chi connectivity index (χ1v) is 8.96. The van der Waals surface area contributed by atoms with Crippen LogP contribution in [0.3, 0.4) is 0 Å². The highest BCUT2D eigenvalue weighted by molar-refractivity contribution is 5.87. The molecule has 7 heteroatoms. The van der Waals surface area contributed by atoms with E-state index in [1.165, 1.54) is 0 Å². The highest BCUT2D eigenvalue weighted by Gasteiger charge is 2.61. The standard InChI is InChI=1S/C18H20N6O/c19-7-3-15(25)23-9-5-18-6-10-24(14(18)2-1-13(18)23)17-12-4-8-20-16(12)21-11-22-17/h4,8,11,13-14H,1-3,5-6,9-10H2,(H,20,21,22). The van der Waals surface area contributed by atoms with Gasteiger partial charge in [0.15, 0.2) is 0 Å². The normalized spacial score (nSPS) is 30.5. The van der Waals surface area contributed by atoms with Crippen LogP contribution in [0, 0.1) is 16.7 Å². The number of hydrogen-bond acceptors (Lipinski definition) is 5. The van der Waals surface area contributed by atoms with Crippen molar-refractivity contribution in [2.45, 2.75) is 44.2 Å². The van der Waals surface area contributed by atoms with E-state index < -0.39 is 0 Å². The van der Waals surface area contributed by atoms with Crippen molar-refractivity contribution in [1.29, 1.82) is 5.26 Å². The minimum Gasteiger partial charge on any atom is -0.352 e. The third kappa shape index (κ3) is 1.88. The molecule has 1 saturated carbocycles. The summed E-state index contributed by atoms with van der Waals surface area (Å²) in [4.78, 5) is 28.8. The van der Waals surface area contributed by atoms with E-state index in [0.717, 1.165) is 55.6 Å². The molecule has 1 N–H and O–H groups in total. The van der Waals surface area contributed by atoms with Crippen LogP contribution in [0.1, 0.15) is 32.1 Å². The van der Waals surface area contributed by atoms with E-state index in [4.69, 9.17) is 5.26 Å². The molecule has 1 amide bonds. The van der Waals surface area contributed by atoms with Gasteiger partial charge >= 0.3 is 0 Å². The van der Waals surface area contributed by atoms with Gasteiger partial charge in [0.25, 0.3) is 0 Å². The predicted molar refractivity (Wildman–Crippen MR) is 91.7 cm³/mol. The molecule has 1 aliphatic carbocycles. The quantitative estimate of drug-likeness (QED) is 0.904. The summed E-state index contributed by atoms with van der Waals surface area (Å²) in [5.41, 5.74) is 1.04. The van der Waals surface area contributed by atoms with Crippen LogP contribution in [0.25, 0.3) is 11.0 Å². The summed E-state index contributed by atoms with van der Waals surface area (Å²) in [6.45, 7) is 1.76. The molecule has 2 aromatic rings. The topological polar surface area (TPSA) is 88.9 Å². The van der Waals surface area contributed by atoms with Gasteiger partial charge in [0.05, 0.1) is 11.5 Å². The van der Waals surface area contributed by atoms with Crippen LogP contribution in [0.15, 0.2) is 18.6 Å². The molecule has 3 atom stereocenters. The minimum absolute atomic E-state index is 0.00136. The SMILES string of the molecule is N#CCC(=O)N1CCC23CCN(c4ncnc5[nH]ccc45)C2CCC13. The summed E-state index contributed by atoms with van der Waals surface area (Å²) >= 11 is 0. The second kappa shape index (κ2) is 5.19. The highest BCUT2D eigenvalue weighted by Crippen LogP contribution is 2.57. The average Bonchev–Trinajstić information content (AvgIpc) is 3.34. The molecule has 2 saturated heterocycles. The van der Waals surface area contributed by atoms with Gasteiger partial charge in [-0.3, -0.25) is 4.79 Å². The number of hydrogen-bond donors (Lipinski definition) is 1. The number of anilines is 1. The van der Waals surface area contributed by atoms with Gasteiger partial charge in [-0.1, -0.05) is 0 Å². The molecule has 0 aromatic carbocycles. The number of H-pyrrole nitrogens is 1. The number of nitriles is 1. The Kier molecular flexibility index (Phi) is 3.05. The summed E-state index contributed by atoms with van der Waals surface area (Å²) in [7, 11) is 0. The van der Waals surface area contributed by atoms with Gasteiger partial charge in [0.2, 0.25) is 5.91 Å². The molecule has 0 radical (unpaired) electrons. The van der Waals surface area contributed by atoms with Crippen LogP contribution in [0.4, 0.5) is 5.82 Å². The monoisotopic (exact) mass is 336 g/mol. The molecule has 2 aromatic heterocycles. The number of likely N-dealkylation sites (tertiary alicyclic amines) is 1. The maximum absolute atomic E-state index is 12.3. The summed E-state index contributed by atoms with van der Waals surface area (Å²) in [5.74, 6) is 1.01. The van der Waals surface area contributed by atoms with Crippen LogP contribution >= 0.6 is 0 Å². The van der Waals surface area contributed by atoms with Gasteiger partial charge in [-0.25, -0.2) is 9.97 Å². The summed E-state index contributed by atoms with van der Waals surface area (Å²) in [6.07, 6.45) is 7.77. The van der Waals surface area contributed by atoms with Crippen molar-refractivity contribution in [2.75, 3.05) is 18.0 Å². The Balaban J connectivity index is 1.49. The number of nitrogens with zero attached hydrogens (tertiary/aromatic N) is 5. The number of aromatic amines is 1. The molecule has 2 aliphatic heterocycles. The van der Waals surface area contributed by atoms with E-state index in [1.54, 1.807) is 6.33 Å². The Morgan fingerprint density at radius 2 is 2.16 bits per heavy atom.